The Bertz CT molecular complexity index is 586. The van der Waals surface area contributed by atoms with Gasteiger partial charge in [-0.2, -0.15) is 5.10 Å². The van der Waals surface area contributed by atoms with E-state index in [1.54, 1.807) is 6.26 Å². The molecule has 8 heteroatoms. The average molecular weight is 322 g/mol. The Morgan fingerprint density at radius 2 is 2.48 bits per heavy atom. The van der Waals surface area contributed by atoms with Crippen molar-refractivity contribution in [3.05, 3.63) is 35.8 Å². The summed E-state index contributed by atoms with van der Waals surface area (Å²) in [4.78, 5) is 6.45. The normalized spacial score (nSPS) is 20.7. The number of morpholine rings is 1. The van der Waals surface area contributed by atoms with Crippen molar-refractivity contribution in [2.45, 2.75) is 25.7 Å². The summed E-state index contributed by atoms with van der Waals surface area (Å²) in [5, 5.41) is 17.1. The Morgan fingerprint density at radius 3 is 3.22 bits per heavy atom. The van der Waals surface area contributed by atoms with Gasteiger partial charge in [-0.25, -0.2) is 4.98 Å². The lowest BCUT2D eigenvalue weighted by Gasteiger charge is -2.32. The van der Waals surface area contributed by atoms with Crippen molar-refractivity contribution in [1.82, 2.24) is 20.1 Å². The molecule has 1 saturated heterocycles. The monoisotopic (exact) mass is 322 g/mol. The van der Waals surface area contributed by atoms with Gasteiger partial charge in [0.15, 0.2) is 5.82 Å². The first kappa shape index (κ1) is 16.1. The second kappa shape index (κ2) is 7.69. The Kier molecular flexibility index (Phi) is 5.39. The summed E-state index contributed by atoms with van der Waals surface area (Å²) in [6.07, 6.45) is 0.885. The van der Waals surface area contributed by atoms with Gasteiger partial charge < -0.3 is 19.0 Å². The van der Waals surface area contributed by atoms with Crippen LogP contribution in [0.1, 0.15) is 23.5 Å². The predicted octanol–water partition coefficient (Wildman–Crippen LogP) is 0.657. The molecule has 2 aromatic heterocycles. The summed E-state index contributed by atoms with van der Waals surface area (Å²) in [6.45, 7) is 5.05. The predicted molar refractivity (Wildman–Crippen MR) is 80.6 cm³/mol. The van der Waals surface area contributed by atoms with E-state index >= 15 is 0 Å². The molecule has 0 aromatic carbocycles. The number of β-amino-alcohol motifs (C(OH)–C–C–N with tert-alkyl or cyclic N) is 1. The summed E-state index contributed by atoms with van der Waals surface area (Å²) in [6, 6.07) is 3.66. The third-order valence-electron chi connectivity index (χ3n) is 3.66. The standard InChI is InChI=1S/C15H22N4O4/c1-11-16-15(18-17-11)14-8-19(4-6-23-14)7-12(20)9-21-10-13-3-2-5-22-13/h2-3,5,12,14,20H,4,6-10H2,1H3,(H,16,17,18)/t12-,14-/m0/s1. The molecule has 0 amide bonds. The Hall–Kier alpha value is -1.74. The number of rotatable bonds is 7. The van der Waals surface area contributed by atoms with Gasteiger partial charge >= 0.3 is 0 Å². The Balaban J connectivity index is 1.41. The maximum absolute atomic E-state index is 10.1. The number of nitrogens with zero attached hydrogens (tertiary/aromatic N) is 3. The number of hydrogen-bond acceptors (Lipinski definition) is 7. The zero-order chi connectivity index (χ0) is 16.1. The fraction of sp³-hybridized carbons (Fsp3) is 0.600. The molecule has 1 aliphatic heterocycles. The van der Waals surface area contributed by atoms with Crippen LogP contribution in [-0.4, -0.2) is 64.1 Å². The highest BCUT2D eigenvalue weighted by Crippen LogP contribution is 2.19. The number of aromatic amines is 1. The summed E-state index contributed by atoms with van der Waals surface area (Å²) < 4.78 is 16.4. The summed E-state index contributed by atoms with van der Waals surface area (Å²) in [5.41, 5.74) is 0. The van der Waals surface area contributed by atoms with Crippen LogP contribution in [0.25, 0.3) is 0 Å². The number of aryl methyl sites for hydroxylation is 1. The van der Waals surface area contributed by atoms with Crippen molar-refractivity contribution in [1.29, 1.82) is 0 Å². The molecule has 3 heterocycles. The SMILES string of the molecule is Cc1nc([C@@H]2CN(C[C@H](O)COCc3ccco3)CCO2)n[nH]1. The van der Waals surface area contributed by atoms with Gasteiger partial charge in [0, 0.05) is 19.6 Å². The smallest absolute Gasteiger partial charge is 0.180 e. The molecule has 0 saturated carbocycles. The zero-order valence-corrected chi connectivity index (χ0v) is 13.1. The van der Waals surface area contributed by atoms with E-state index in [9.17, 15) is 5.11 Å². The quantitative estimate of drug-likeness (QED) is 0.773. The lowest BCUT2D eigenvalue weighted by atomic mass is 10.2. The van der Waals surface area contributed by atoms with E-state index in [1.165, 1.54) is 0 Å². The molecular formula is C15H22N4O4. The molecule has 0 radical (unpaired) electrons. The second-order valence-corrected chi connectivity index (χ2v) is 5.65. The van der Waals surface area contributed by atoms with Crippen LogP contribution in [-0.2, 0) is 16.1 Å². The number of aromatic nitrogens is 3. The number of H-pyrrole nitrogens is 1. The first-order valence-corrected chi connectivity index (χ1v) is 7.72. The Morgan fingerprint density at radius 1 is 1.57 bits per heavy atom. The molecule has 0 spiro atoms. The van der Waals surface area contributed by atoms with Crippen LogP contribution in [0, 0.1) is 6.92 Å². The van der Waals surface area contributed by atoms with Crippen LogP contribution < -0.4 is 0 Å². The number of hydrogen-bond donors (Lipinski definition) is 2. The van der Waals surface area contributed by atoms with Gasteiger partial charge in [-0.05, 0) is 19.1 Å². The molecule has 1 aliphatic rings. The number of aliphatic hydroxyl groups is 1. The van der Waals surface area contributed by atoms with Gasteiger partial charge in [-0.15, -0.1) is 0 Å². The van der Waals surface area contributed by atoms with E-state index in [0.29, 0.717) is 32.1 Å². The first-order valence-electron chi connectivity index (χ1n) is 7.72. The van der Waals surface area contributed by atoms with Crippen molar-refractivity contribution in [3.63, 3.8) is 0 Å². The maximum Gasteiger partial charge on any atom is 0.180 e. The van der Waals surface area contributed by atoms with Gasteiger partial charge in [0.2, 0.25) is 0 Å². The maximum atomic E-state index is 10.1. The van der Waals surface area contributed by atoms with Crippen molar-refractivity contribution in [2.75, 3.05) is 32.8 Å². The minimum atomic E-state index is -0.558. The minimum Gasteiger partial charge on any atom is -0.467 e. The minimum absolute atomic E-state index is 0.162. The highest BCUT2D eigenvalue weighted by molar-refractivity contribution is 4.96. The van der Waals surface area contributed by atoms with Gasteiger partial charge in [-0.1, -0.05) is 0 Å². The highest BCUT2D eigenvalue weighted by atomic mass is 16.5. The molecule has 8 nitrogen and oxygen atoms in total. The van der Waals surface area contributed by atoms with Gasteiger partial charge in [0.05, 0.1) is 25.6 Å². The van der Waals surface area contributed by atoms with Crippen molar-refractivity contribution >= 4 is 0 Å². The summed E-state index contributed by atoms with van der Waals surface area (Å²) >= 11 is 0. The topological polar surface area (TPSA) is 96.6 Å². The fourth-order valence-corrected chi connectivity index (χ4v) is 2.57. The number of nitrogens with one attached hydrogen (secondary N) is 1. The molecule has 2 N–H and O–H groups in total. The molecular weight excluding hydrogens is 300 g/mol. The average Bonchev–Trinajstić information content (AvgIpc) is 3.19. The van der Waals surface area contributed by atoms with Gasteiger partial charge in [0.1, 0.15) is 24.3 Å². The molecule has 0 unspecified atom stereocenters. The fourth-order valence-electron chi connectivity index (χ4n) is 2.57. The Labute approximate surface area is 134 Å². The number of furan rings is 1. The lowest BCUT2D eigenvalue weighted by molar-refractivity contribution is -0.0572. The van der Waals surface area contributed by atoms with Crippen LogP contribution in [0.4, 0.5) is 0 Å². The van der Waals surface area contributed by atoms with Crippen molar-refractivity contribution < 1.29 is 19.0 Å². The van der Waals surface area contributed by atoms with Crippen LogP contribution in [0.15, 0.2) is 22.8 Å². The van der Waals surface area contributed by atoms with Crippen molar-refractivity contribution in [3.8, 4) is 0 Å². The molecule has 2 atom stereocenters. The summed E-state index contributed by atoms with van der Waals surface area (Å²) in [7, 11) is 0. The third kappa shape index (κ3) is 4.61. The number of ether oxygens (including phenoxy) is 2. The number of aliphatic hydroxyl groups excluding tert-OH is 1. The molecule has 0 bridgehead atoms. The molecule has 3 rings (SSSR count). The largest absolute Gasteiger partial charge is 0.467 e. The van der Waals surface area contributed by atoms with Crippen LogP contribution in [0.3, 0.4) is 0 Å². The van der Waals surface area contributed by atoms with E-state index in [0.717, 1.165) is 18.1 Å². The second-order valence-electron chi connectivity index (χ2n) is 5.65. The van der Waals surface area contributed by atoms with Crippen LogP contribution >= 0.6 is 0 Å². The van der Waals surface area contributed by atoms with Crippen molar-refractivity contribution in [2.24, 2.45) is 0 Å². The molecule has 126 valence electrons. The molecule has 1 fully saturated rings. The highest BCUT2D eigenvalue weighted by Gasteiger charge is 2.26. The lowest BCUT2D eigenvalue weighted by Crippen LogP contribution is -2.43. The third-order valence-corrected chi connectivity index (χ3v) is 3.66. The molecule has 2 aromatic rings. The first-order chi connectivity index (χ1) is 11.2. The van der Waals surface area contributed by atoms with Gasteiger partial charge in [-0.3, -0.25) is 10.00 Å². The van der Waals surface area contributed by atoms with E-state index in [1.807, 2.05) is 19.1 Å². The van der Waals surface area contributed by atoms with Crippen LogP contribution in [0.2, 0.25) is 0 Å². The summed E-state index contributed by atoms with van der Waals surface area (Å²) in [5.74, 6) is 2.19. The molecule has 23 heavy (non-hydrogen) atoms. The van der Waals surface area contributed by atoms with Gasteiger partial charge in [0.25, 0.3) is 0 Å². The van der Waals surface area contributed by atoms with Crippen LogP contribution in [0.5, 0.6) is 0 Å². The van der Waals surface area contributed by atoms with E-state index in [4.69, 9.17) is 13.9 Å². The van der Waals surface area contributed by atoms with E-state index in [-0.39, 0.29) is 12.7 Å². The molecule has 0 aliphatic carbocycles. The van der Waals surface area contributed by atoms with E-state index in [2.05, 4.69) is 20.1 Å². The van der Waals surface area contributed by atoms with E-state index < -0.39 is 6.10 Å². The zero-order valence-electron chi connectivity index (χ0n) is 13.1.